The molecule has 1 heterocycles. The van der Waals surface area contributed by atoms with E-state index in [-0.39, 0.29) is 5.75 Å². The quantitative estimate of drug-likeness (QED) is 0.923. The van der Waals surface area contributed by atoms with Crippen LogP contribution in [0.3, 0.4) is 0 Å². The summed E-state index contributed by atoms with van der Waals surface area (Å²) in [6.07, 6.45) is 3.72. The third kappa shape index (κ3) is 4.10. The van der Waals surface area contributed by atoms with Crippen molar-refractivity contribution in [2.45, 2.75) is 31.8 Å². The third-order valence-electron chi connectivity index (χ3n) is 3.95. The molecule has 1 aromatic carbocycles. The Kier molecular flexibility index (Phi) is 5.08. The lowest BCUT2D eigenvalue weighted by Crippen LogP contribution is -2.30. The molecule has 2 rings (SSSR count). The zero-order chi connectivity index (χ0) is 13.8. The molecule has 3 nitrogen and oxygen atoms in total. The smallest absolute Gasteiger partial charge is 0.117 e. The van der Waals surface area contributed by atoms with E-state index in [0.29, 0.717) is 11.1 Å². The van der Waals surface area contributed by atoms with Crippen molar-refractivity contribution in [3.63, 3.8) is 0 Å². The van der Waals surface area contributed by atoms with Crippen LogP contribution in [-0.4, -0.2) is 48.1 Å². The minimum absolute atomic E-state index is 0.234. The molecule has 1 atom stereocenters. The summed E-state index contributed by atoms with van der Waals surface area (Å²) in [5.41, 5.74) is 1.10. The first-order valence-electron chi connectivity index (χ1n) is 6.92. The number of aromatic hydroxyl groups is 1. The Hall–Kier alpha value is -0.770. The molecule has 0 bridgehead atoms. The van der Waals surface area contributed by atoms with E-state index < -0.39 is 0 Å². The van der Waals surface area contributed by atoms with Gasteiger partial charge < -0.3 is 10.0 Å². The van der Waals surface area contributed by atoms with Gasteiger partial charge in [0.05, 0.1) is 0 Å². The molecule has 1 aromatic rings. The third-order valence-corrected chi connectivity index (χ3v) is 4.30. The van der Waals surface area contributed by atoms with Gasteiger partial charge in [-0.2, -0.15) is 0 Å². The van der Waals surface area contributed by atoms with Crippen LogP contribution in [0.2, 0.25) is 5.02 Å². The monoisotopic (exact) mass is 282 g/mol. The number of rotatable bonds is 3. The Morgan fingerprint density at radius 2 is 2.11 bits per heavy atom. The molecule has 1 saturated heterocycles. The van der Waals surface area contributed by atoms with E-state index in [1.807, 2.05) is 6.07 Å². The highest BCUT2D eigenvalue weighted by Crippen LogP contribution is 2.24. The highest BCUT2D eigenvalue weighted by Gasteiger charge is 2.18. The summed E-state index contributed by atoms with van der Waals surface area (Å²) >= 11 is 6.17. The SMILES string of the molecule is CN(C)C1CCCN(Cc2ccc(O)cc2Cl)CC1. The zero-order valence-electron chi connectivity index (χ0n) is 11.8. The van der Waals surface area contributed by atoms with Gasteiger partial charge in [0.1, 0.15) is 5.75 Å². The van der Waals surface area contributed by atoms with Gasteiger partial charge in [-0.1, -0.05) is 17.7 Å². The number of phenols is 1. The number of nitrogens with zero attached hydrogens (tertiary/aromatic N) is 2. The van der Waals surface area contributed by atoms with Crippen LogP contribution in [0.5, 0.6) is 5.75 Å². The van der Waals surface area contributed by atoms with E-state index in [4.69, 9.17) is 11.6 Å². The van der Waals surface area contributed by atoms with E-state index in [1.165, 1.54) is 19.3 Å². The average molecular weight is 283 g/mol. The van der Waals surface area contributed by atoms with Crippen LogP contribution in [0.15, 0.2) is 18.2 Å². The predicted octanol–water partition coefficient (Wildman–Crippen LogP) is 2.96. The summed E-state index contributed by atoms with van der Waals surface area (Å²) < 4.78 is 0. The van der Waals surface area contributed by atoms with Gasteiger partial charge >= 0.3 is 0 Å². The molecule has 0 amide bonds. The van der Waals surface area contributed by atoms with Gasteiger partial charge in [0.15, 0.2) is 0 Å². The molecule has 0 aliphatic carbocycles. The second-order valence-corrected chi connectivity index (χ2v) is 6.01. The summed E-state index contributed by atoms with van der Waals surface area (Å²) in [5, 5.41) is 10.0. The topological polar surface area (TPSA) is 26.7 Å². The summed E-state index contributed by atoms with van der Waals surface area (Å²) in [5.74, 6) is 0.234. The minimum Gasteiger partial charge on any atom is -0.508 e. The maximum absolute atomic E-state index is 9.38. The normalized spacial score (nSPS) is 21.6. The maximum atomic E-state index is 9.38. The van der Waals surface area contributed by atoms with Gasteiger partial charge in [-0.05, 0) is 64.1 Å². The summed E-state index contributed by atoms with van der Waals surface area (Å²) in [6, 6.07) is 5.95. The van der Waals surface area contributed by atoms with Crippen LogP contribution in [0.25, 0.3) is 0 Å². The molecular weight excluding hydrogens is 260 g/mol. The second kappa shape index (κ2) is 6.60. The van der Waals surface area contributed by atoms with Crippen LogP contribution in [0.1, 0.15) is 24.8 Å². The molecule has 1 aliphatic heterocycles. The molecule has 19 heavy (non-hydrogen) atoms. The summed E-state index contributed by atoms with van der Waals surface area (Å²) in [7, 11) is 4.33. The Labute approximate surface area is 120 Å². The number of phenolic OH excluding ortho intramolecular Hbond substituents is 1. The van der Waals surface area contributed by atoms with Crippen LogP contribution in [0.4, 0.5) is 0 Å². The van der Waals surface area contributed by atoms with E-state index >= 15 is 0 Å². The van der Waals surface area contributed by atoms with Crippen molar-refractivity contribution in [1.29, 1.82) is 0 Å². The predicted molar refractivity (Wildman–Crippen MR) is 79.7 cm³/mol. The lowest BCUT2D eigenvalue weighted by Gasteiger charge is -2.23. The fraction of sp³-hybridized carbons (Fsp3) is 0.600. The Morgan fingerprint density at radius 1 is 1.32 bits per heavy atom. The maximum Gasteiger partial charge on any atom is 0.117 e. The zero-order valence-corrected chi connectivity index (χ0v) is 12.5. The highest BCUT2D eigenvalue weighted by atomic mass is 35.5. The lowest BCUT2D eigenvalue weighted by molar-refractivity contribution is 0.245. The van der Waals surface area contributed by atoms with Crippen LogP contribution in [-0.2, 0) is 6.54 Å². The Balaban J connectivity index is 1.96. The first kappa shape index (κ1) is 14.6. The number of hydrogen-bond acceptors (Lipinski definition) is 3. The molecule has 1 N–H and O–H groups in total. The van der Waals surface area contributed by atoms with E-state index in [1.54, 1.807) is 12.1 Å². The van der Waals surface area contributed by atoms with E-state index in [0.717, 1.165) is 25.2 Å². The number of benzene rings is 1. The first-order valence-corrected chi connectivity index (χ1v) is 7.30. The molecule has 106 valence electrons. The first-order chi connectivity index (χ1) is 9.06. The lowest BCUT2D eigenvalue weighted by atomic mass is 10.1. The van der Waals surface area contributed by atoms with Crippen LogP contribution in [0, 0.1) is 0 Å². The molecule has 0 aromatic heterocycles. The minimum atomic E-state index is 0.234. The van der Waals surface area contributed by atoms with Crippen molar-refractivity contribution in [1.82, 2.24) is 9.80 Å². The molecular formula is C15H23ClN2O. The van der Waals surface area contributed by atoms with Crippen molar-refractivity contribution in [3.8, 4) is 5.75 Å². The largest absolute Gasteiger partial charge is 0.508 e. The average Bonchev–Trinajstić information content (AvgIpc) is 2.58. The van der Waals surface area contributed by atoms with Crippen molar-refractivity contribution >= 4 is 11.6 Å². The van der Waals surface area contributed by atoms with Crippen molar-refractivity contribution in [2.24, 2.45) is 0 Å². The summed E-state index contributed by atoms with van der Waals surface area (Å²) in [6.45, 7) is 3.11. The van der Waals surface area contributed by atoms with Crippen molar-refractivity contribution in [2.75, 3.05) is 27.2 Å². The molecule has 0 saturated carbocycles. The van der Waals surface area contributed by atoms with Gasteiger partial charge in [0.2, 0.25) is 0 Å². The van der Waals surface area contributed by atoms with E-state index in [9.17, 15) is 5.11 Å². The van der Waals surface area contributed by atoms with Crippen LogP contribution >= 0.6 is 11.6 Å². The molecule has 1 fully saturated rings. The molecule has 0 spiro atoms. The summed E-state index contributed by atoms with van der Waals surface area (Å²) in [4.78, 5) is 4.79. The number of hydrogen-bond donors (Lipinski definition) is 1. The van der Waals surface area contributed by atoms with Gasteiger partial charge in [0, 0.05) is 17.6 Å². The fourth-order valence-corrected chi connectivity index (χ4v) is 2.95. The van der Waals surface area contributed by atoms with Gasteiger partial charge in [-0.25, -0.2) is 0 Å². The Bertz CT molecular complexity index is 423. The van der Waals surface area contributed by atoms with Crippen molar-refractivity contribution in [3.05, 3.63) is 28.8 Å². The van der Waals surface area contributed by atoms with Crippen molar-refractivity contribution < 1.29 is 5.11 Å². The second-order valence-electron chi connectivity index (χ2n) is 5.60. The van der Waals surface area contributed by atoms with Crippen LogP contribution < -0.4 is 0 Å². The number of halogens is 1. The fourth-order valence-electron chi connectivity index (χ4n) is 2.72. The molecule has 1 unspecified atom stereocenters. The van der Waals surface area contributed by atoms with Gasteiger partial charge in [0.25, 0.3) is 0 Å². The van der Waals surface area contributed by atoms with Gasteiger partial charge in [-0.3, -0.25) is 4.90 Å². The van der Waals surface area contributed by atoms with Gasteiger partial charge in [-0.15, -0.1) is 0 Å². The molecule has 1 aliphatic rings. The molecule has 0 radical (unpaired) electrons. The standard InChI is InChI=1S/C15H23ClN2O/c1-17(2)13-4-3-8-18(9-7-13)11-12-5-6-14(19)10-15(12)16/h5-6,10,13,19H,3-4,7-9,11H2,1-2H3. The van der Waals surface area contributed by atoms with E-state index in [2.05, 4.69) is 23.9 Å². The molecule has 4 heteroatoms. The number of likely N-dealkylation sites (tertiary alicyclic amines) is 1. The Morgan fingerprint density at radius 3 is 2.79 bits per heavy atom. The highest BCUT2D eigenvalue weighted by molar-refractivity contribution is 6.31.